The molecule has 5 heteroatoms. The van der Waals surface area contributed by atoms with Gasteiger partial charge in [-0.05, 0) is 12.0 Å². The maximum absolute atomic E-state index is 12.0. The normalized spacial score (nSPS) is 14.4. The number of nitrogens with zero attached hydrogens (tertiary/aromatic N) is 1. The van der Waals surface area contributed by atoms with Crippen LogP contribution in [-0.4, -0.2) is 41.0 Å². The number of rotatable bonds is 7. The number of hydrogen-bond donors (Lipinski definition) is 1. The average Bonchev–Trinajstić information content (AvgIpc) is 2.95. The first kappa shape index (κ1) is 16.1. The van der Waals surface area contributed by atoms with Gasteiger partial charge in [-0.25, -0.2) is 0 Å². The molecule has 1 atom stereocenters. The van der Waals surface area contributed by atoms with Crippen LogP contribution in [0.1, 0.15) is 30.9 Å². The topological polar surface area (TPSA) is 49.8 Å². The second kappa shape index (κ2) is 7.66. The number of carbonyl (C=O) groups is 1. The van der Waals surface area contributed by atoms with E-state index in [0.717, 1.165) is 24.2 Å². The van der Waals surface area contributed by atoms with Crippen molar-refractivity contribution in [2.45, 2.75) is 38.8 Å². The second-order valence-corrected chi connectivity index (χ2v) is 5.62. The maximum Gasteiger partial charge on any atom is 0.237 e. The van der Waals surface area contributed by atoms with Crippen molar-refractivity contribution < 1.29 is 14.6 Å². The molecule has 1 N–H and O–H groups in total. The molecule has 116 valence electrons. The van der Waals surface area contributed by atoms with Gasteiger partial charge in [0, 0.05) is 25.1 Å². The summed E-state index contributed by atoms with van der Waals surface area (Å²) in [5.74, 6) is 0.645. The third kappa shape index (κ3) is 4.11. The van der Waals surface area contributed by atoms with E-state index in [4.69, 9.17) is 16.3 Å². The molecule has 1 aliphatic rings. The smallest absolute Gasteiger partial charge is 0.237 e. The van der Waals surface area contributed by atoms with Gasteiger partial charge in [-0.15, -0.1) is 11.6 Å². The molecule has 0 bridgehead atoms. The van der Waals surface area contributed by atoms with E-state index in [1.165, 1.54) is 5.56 Å². The minimum absolute atomic E-state index is 0.0747. The number of hydrogen-bond acceptors (Lipinski definition) is 3. The first-order valence-corrected chi connectivity index (χ1v) is 7.94. The van der Waals surface area contributed by atoms with E-state index in [-0.39, 0.29) is 11.8 Å². The number of amides is 1. The Morgan fingerprint density at radius 2 is 2.33 bits per heavy atom. The number of alkyl halides is 1. The van der Waals surface area contributed by atoms with Crippen molar-refractivity contribution in [1.82, 2.24) is 4.90 Å². The molecule has 0 aromatic heterocycles. The Hall–Kier alpha value is -1.26. The molecule has 1 aromatic carbocycles. The molecule has 21 heavy (non-hydrogen) atoms. The van der Waals surface area contributed by atoms with E-state index >= 15 is 0 Å². The van der Waals surface area contributed by atoms with Crippen LogP contribution in [-0.2, 0) is 17.8 Å². The van der Waals surface area contributed by atoms with Gasteiger partial charge in [0.1, 0.15) is 11.6 Å². The van der Waals surface area contributed by atoms with Crippen molar-refractivity contribution in [2.75, 3.05) is 19.0 Å². The summed E-state index contributed by atoms with van der Waals surface area (Å²) in [5.41, 5.74) is 2.16. The van der Waals surface area contributed by atoms with Crippen molar-refractivity contribution >= 4 is 17.5 Å². The zero-order chi connectivity index (χ0) is 15.2. The lowest BCUT2D eigenvalue weighted by Gasteiger charge is -2.25. The fourth-order valence-corrected chi connectivity index (χ4v) is 2.80. The number of aliphatic hydroxyl groups is 1. The lowest BCUT2D eigenvalue weighted by molar-refractivity contribution is -0.130. The molecule has 4 nitrogen and oxygen atoms in total. The number of carbonyl (C=O) groups excluding carboxylic acids is 1. The summed E-state index contributed by atoms with van der Waals surface area (Å²) < 4.78 is 5.66. The maximum atomic E-state index is 12.0. The molecule has 1 aliphatic heterocycles. The van der Waals surface area contributed by atoms with Gasteiger partial charge in [0.15, 0.2) is 0 Å². The second-order valence-electron chi connectivity index (χ2n) is 5.35. The fraction of sp³-hybridized carbons (Fsp3) is 0.562. The first-order valence-electron chi connectivity index (χ1n) is 7.41. The molecule has 1 unspecified atom stereocenters. The Kier molecular flexibility index (Phi) is 5.88. The monoisotopic (exact) mass is 311 g/mol. The number of fused-ring (bicyclic) bond motifs is 1. The Morgan fingerprint density at radius 1 is 1.52 bits per heavy atom. The van der Waals surface area contributed by atoms with Gasteiger partial charge in [0.25, 0.3) is 0 Å². The molecule has 1 heterocycles. The van der Waals surface area contributed by atoms with Crippen LogP contribution in [0, 0.1) is 0 Å². The Morgan fingerprint density at radius 3 is 3.05 bits per heavy atom. The van der Waals surface area contributed by atoms with Crippen LogP contribution >= 0.6 is 11.6 Å². The van der Waals surface area contributed by atoms with Crippen LogP contribution in [0.4, 0.5) is 0 Å². The van der Waals surface area contributed by atoms with E-state index in [1.54, 1.807) is 4.90 Å². The van der Waals surface area contributed by atoms with Crippen LogP contribution in [0.25, 0.3) is 0 Å². The molecule has 0 aliphatic carbocycles. The number of benzene rings is 1. The highest BCUT2D eigenvalue weighted by atomic mass is 35.5. The summed E-state index contributed by atoms with van der Waals surface area (Å²) in [7, 11) is 0. The average molecular weight is 312 g/mol. The SMILES string of the molecule is CCCC(O)CN(Cc1cccc2c1OCC2)C(=O)CCl. The summed E-state index contributed by atoms with van der Waals surface area (Å²) >= 11 is 5.69. The third-order valence-electron chi connectivity index (χ3n) is 3.68. The zero-order valence-electron chi connectivity index (χ0n) is 12.3. The van der Waals surface area contributed by atoms with E-state index < -0.39 is 6.10 Å². The predicted octanol–water partition coefficient (Wildman–Crippen LogP) is 2.35. The lowest BCUT2D eigenvalue weighted by atomic mass is 10.1. The fourth-order valence-electron chi connectivity index (χ4n) is 2.63. The van der Waals surface area contributed by atoms with Crippen LogP contribution in [0.2, 0.25) is 0 Å². The molecule has 0 radical (unpaired) electrons. The van der Waals surface area contributed by atoms with Gasteiger partial charge >= 0.3 is 0 Å². The Balaban J connectivity index is 2.11. The molecular weight excluding hydrogens is 290 g/mol. The molecule has 0 fully saturated rings. The number of aliphatic hydroxyl groups excluding tert-OH is 1. The van der Waals surface area contributed by atoms with Crippen molar-refractivity contribution in [3.05, 3.63) is 29.3 Å². The van der Waals surface area contributed by atoms with E-state index in [2.05, 4.69) is 0 Å². The Bertz CT molecular complexity index is 492. The van der Waals surface area contributed by atoms with Gasteiger partial charge in [-0.1, -0.05) is 31.5 Å². The van der Waals surface area contributed by atoms with Gasteiger partial charge < -0.3 is 14.7 Å². The molecule has 0 saturated carbocycles. The largest absolute Gasteiger partial charge is 0.493 e. The summed E-state index contributed by atoms with van der Waals surface area (Å²) in [6.07, 6.45) is 1.95. The molecule has 2 rings (SSSR count). The van der Waals surface area contributed by atoms with E-state index in [1.807, 2.05) is 25.1 Å². The molecule has 0 saturated heterocycles. The quantitative estimate of drug-likeness (QED) is 0.786. The molecule has 1 aromatic rings. The van der Waals surface area contributed by atoms with Crippen LogP contribution in [0.3, 0.4) is 0 Å². The zero-order valence-corrected chi connectivity index (χ0v) is 13.1. The summed E-state index contributed by atoms with van der Waals surface area (Å²) in [4.78, 5) is 13.6. The number of halogens is 1. The number of ether oxygens (including phenoxy) is 1. The number of para-hydroxylation sites is 1. The van der Waals surface area contributed by atoms with Crippen molar-refractivity contribution in [2.24, 2.45) is 0 Å². The van der Waals surface area contributed by atoms with Gasteiger partial charge in [-0.3, -0.25) is 4.79 Å². The Labute approximate surface area is 130 Å². The molecule has 0 spiro atoms. The summed E-state index contributed by atoms with van der Waals surface area (Å²) in [6, 6.07) is 5.99. The van der Waals surface area contributed by atoms with E-state index in [9.17, 15) is 9.90 Å². The highest BCUT2D eigenvalue weighted by molar-refractivity contribution is 6.27. The molecular formula is C16H22ClNO3. The van der Waals surface area contributed by atoms with Gasteiger partial charge in [0.05, 0.1) is 12.7 Å². The first-order chi connectivity index (χ1) is 10.2. The van der Waals surface area contributed by atoms with E-state index in [0.29, 0.717) is 26.1 Å². The predicted molar refractivity (Wildman–Crippen MR) is 82.7 cm³/mol. The van der Waals surface area contributed by atoms with Crippen molar-refractivity contribution in [3.8, 4) is 5.75 Å². The highest BCUT2D eigenvalue weighted by Crippen LogP contribution is 2.30. The summed E-state index contributed by atoms with van der Waals surface area (Å²) in [6.45, 7) is 3.43. The highest BCUT2D eigenvalue weighted by Gasteiger charge is 2.21. The van der Waals surface area contributed by atoms with Crippen LogP contribution in [0.15, 0.2) is 18.2 Å². The van der Waals surface area contributed by atoms with Crippen molar-refractivity contribution in [1.29, 1.82) is 0 Å². The lowest BCUT2D eigenvalue weighted by Crippen LogP contribution is -2.37. The minimum atomic E-state index is -0.514. The van der Waals surface area contributed by atoms with Crippen molar-refractivity contribution in [3.63, 3.8) is 0 Å². The standard InChI is InChI=1S/C16H22ClNO3/c1-2-4-14(19)11-18(15(20)9-17)10-13-6-3-5-12-7-8-21-16(12)13/h3,5-6,14,19H,2,4,7-11H2,1H3. The third-order valence-corrected chi connectivity index (χ3v) is 3.91. The van der Waals surface area contributed by atoms with Crippen LogP contribution < -0.4 is 4.74 Å². The van der Waals surface area contributed by atoms with Gasteiger partial charge in [-0.2, -0.15) is 0 Å². The van der Waals surface area contributed by atoms with Crippen LogP contribution in [0.5, 0.6) is 5.75 Å². The molecule has 1 amide bonds. The minimum Gasteiger partial charge on any atom is -0.493 e. The summed E-state index contributed by atoms with van der Waals surface area (Å²) in [5, 5.41) is 9.97. The van der Waals surface area contributed by atoms with Gasteiger partial charge in [0.2, 0.25) is 5.91 Å².